The second kappa shape index (κ2) is 3.44. The molecular weight excluding hydrogens is 132 g/mol. The molecule has 0 aliphatic carbocycles. The summed E-state index contributed by atoms with van der Waals surface area (Å²) in [6, 6.07) is 0. The predicted octanol–water partition coefficient (Wildman–Crippen LogP) is 0.469. The normalized spacial score (nSPS) is 24.7. The molecule has 1 heterocycles. The summed E-state index contributed by atoms with van der Waals surface area (Å²) in [5.41, 5.74) is 0. The minimum absolute atomic E-state index is 1.11. The number of hydrogen-bond donors (Lipinski definition) is 1. The van der Waals surface area contributed by atoms with Gasteiger partial charge in [0.25, 0.3) is 0 Å². The van der Waals surface area contributed by atoms with E-state index in [0.717, 1.165) is 13.1 Å². The highest BCUT2D eigenvalue weighted by Crippen LogP contribution is 2.01. The molecule has 0 aromatic rings. The van der Waals surface area contributed by atoms with Crippen molar-refractivity contribution in [1.29, 1.82) is 0 Å². The minimum Gasteiger partial charge on any atom is -0.301 e. The number of thiol groups is 1. The molecule has 1 rings (SSSR count). The first-order valence-electron chi connectivity index (χ1n) is 3.49. The minimum atomic E-state index is 1.11. The van der Waals surface area contributed by atoms with Gasteiger partial charge < -0.3 is 4.90 Å². The predicted molar refractivity (Wildman–Crippen MR) is 42.7 cm³/mol. The van der Waals surface area contributed by atoms with Crippen molar-refractivity contribution in [3.05, 3.63) is 0 Å². The van der Waals surface area contributed by atoms with Gasteiger partial charge in [0.05, 0.1) is 0 Å². The van der Waals surface area contributed by atoms with Crippen molar-refractivity contribution in [3.63, 3.8) is 0 Å². The van der Waals surface area contributed by atoms with Crippen LogP contribution in [-0.4, -0.2) is 41.9 Å². The number of hydrogen-bond acceptors (Lipinski definition) is 3. The van der Waals surface area contributed by atoms with Crippen LogP contribution in [0.4, 0.5) is 0 Å². The van der Waals surface area contributed by atoms with Crippen molar-refractivity contribution < 1.29 is 0 Å². The fourth-order valence-corrected chi connectivity index (χ4v) is 1.23. The summed E-state index contributed by atoms with van der Waals surface area (Å²) in [5, 5.41) is 0. The number of piperazine rings is 1. The lowest BCUT2D eigenvalue weighted by Crippen LogP contribution is -2.42. The van der Waals surface area contributed by atoms with Crippen molar-refractivity contribution in [2.75, 3.05) is 32.7 Å². The third-order valence-corrected chi connectivity index (χ3v) is 2.20. The van der Waals surface area contributed by atoms with Crippen LogP contribution in [0.1, 0.15) is 6.92 Å². The Morgan fingerprint density at radius 2 is 1.78 bits per heavy atom. The van der Waals surface area contributed by atoms with E-state index in [1.165, 1.54) is 19.6 Å². The van der Waals surface area contributed by atoms with Crippen LogP contribution < -0.4 is 0 Å². The van der Waals surface area contributed by atoms with Gasteiger partial charge in [-0.2, -0.15) is 0 Å². The zero-order chi connectivity index (χ0) is 6.69. The Labute approximate surface area is 62.4 Å². The van der Waals surface area contributed by atoms with E-state index in [-0.39, 0.29) is 0 Å². The lowest BCUT2D eigenvalue weighted by molar-refractivity contribution is 0.206. The highest BCUT2D eigenvalue weighted by Gasteiger charge is 2.11. The van der Waals surface area contributed by atoms with Crippen molar-refractivity contribution >= 4 is 12.8 Å². The Kier molecular flexibility index (Phi) is 2.82. The number of likely N-dealkylation sites (N-methyl/N-ethyl adjacent to an activating group) is 1. The van der Waals surface area contributed by atoms with Gasteiger partial charge in [-0.15, -0.1) is 0 Å². The van der Waals surface area contributed by atoms with Gasteiger partial charge in [-0.25, -0.2) is 0 Å². The molecule has 0 bridgehead atoms. The summed E-state index contributed by atoms with van der Waals surface area (Å²) in [5.74, 6) is 0. The maximum absolute atomic E-state index is 4.25. The van der Waals surface area contributed by atoms with Crippen LogP contribution in [0.3, 0.4) is 0 Å². The summed E-state index contributed by atoms with van der Waals surface area (Å²) >= 11 is 4.25. The average molecular weight is 146 g/mol. The lowest BCUT2D eigenvalue weighted by Gasteiger charge is -2.30. The van der Waals surface area contributed by atoms with Crippen molar-refractivity contribution in [1.82, 2.24) is 9.21 Å². The zero-order valence-electron chi connectivity index (χ0n) is 5.88. The first-order valence-corrected chi connectivity index (χ1v) is 3.89. The van der Waals surface area contributed by atoms with Crippen molar-refractivity contribution in [3.8, 4) is 0 Å². The SMILES string of the molecule is CCN1CCN(S)CC1. The van der Waals surface area contributed by atoms with Gasteiger partial charge in [-0.05, 0) is 6.54 Å². The Morgan fingerprint density at radius 3 is 2.22 bits per heavy atom. The summed E-state index contributed by atoms with van der Waals surface area (Å²) in [6.07, 6.45) is 0. The third-order valence-electron chi connectivity index (χ3n) is 1.80. The van der Waals surface area contributed by atoms with Crippen molar-refractivity contribution in [2.45, 2.75) is 6.92 Å². The van der Waals surface area contributed by atoms with E-state index in [9.17, 15) is 0 Å². The van der Waals surface area contributed by atoms with E-state index in [1.807, 2.05) is 0 Å². The molecule has 1 aliphatic rings. The standard InChI is InChI=1S/C6H14N2S/c1-2-7-3-5-8(9)6-4-7/h9H,2-6H2,1H3. The number of rotatable bonds is 1. The van der Waals surface area contributed by atoms with Crippen LogP contribution in [0.5, 0.6) is 0 Å². The van der Waals surface area contributed by atoms with E-state index >= 15 is 0 Å². The Hall–Kier alpha value is 0.270. The second-order valence-corrected chi connectivity index (χ2v) is 2.95. The van der Waals surface area contributed by atoms with Gasteiger partial charge in [-0.1, -0.05) is 19.7 Å². The largest absolute Gasteiger partial charge is 0.301 e. The molecule has 2 nitrogen and oxygen atoms in total. The fourth-order valence-electron chi connectivity index (χ4n) is 1.05. The highest BCUT2D eigenvalue weighted by atomic mass is 32.1. The molecule has 0 N–H and O–H groups in total. The molecule has 0 aromatic heterocycles. The van der Waals surface area contributed by atoms with Gasteiger partial charge >= 0.3 is 0 Å². The molecule has 0 amide bonds. The molecule has 0 atom stereocenters. The van der Waals surface area contributed by atoms with Gasteiger partial charge in [0.1, 0.15) is 0 Å². The zero-order valence-corrected chi connectivity index (χ0v) is 6.77. The molecule has 3 heteroatoms. The summed E-state index contributed by atoms with van der Waals surface area (Å²) in [4.78, 5) is 2.44. The first kappa shape index (κ1) is 7.38. The van der Waals surface area contributed by atoms with Crippen LogP contribution in [-0.2, 0) is 0 Å². The first-order chi connectivity index (χ1) is 4.33. The maximum atomic E-state index is 4.25. The van der Waals surface area contributed by atoms with Gasteiger partial charge in [-0.3, -0.25) is 4.31 Å². The van der Waals surface area contributed by atoms with E-state index in [2.05, 4.69) is 28.9 Å². The molecule has 0 saturated carbocycles. The number of nitrogens with zero attached hydrogens (tertiary/aromatic N) is 2. The van der Waals surface area contributed by atoms with Crippen molar-refractivity contribution in [2.24, 2.45) is 0 Å². The van der Waals surface area contributed by atoms with Gasteiger partial charge in [0, 0.05) is 26.2 Å². The molecule has 0 spiro atoms. The average Bonchev–Trinajstić information content (AvgIpc) is 1.90. The molecule has 1 aliphatic heterocycles. The summed E-state index contributed by atoms with van der Waals surface area (Å²) in [6.45, 7) is 7.96. The lowest BCUT2D eigenvalue weighted by atomic mass is 10.4. The molecule has 54 valence electrons. The van der Waals surface area contributed by atoms with Crippen LogP contribution in [0.25, 0.3) is 0 Å². The summed E-state index contributed by atoms with van der Waals surface area (Å²) < 4.78 is 2.08. The monoisotopic (exact) mass is 146 g/mol. The highest BCUT2D eigenvalue weighted by molar-refractivity contribution is 7.77. The molecular formula is C6H14N2S. The molecule has 0 unspecified atom stereocenters. The van der Waals surface area contributed by atoms with Gasteiger partial charge in [0.2, 0.25) is 0 Å². The molecule has 0 radical (unpaired) electrons. The maximum Gasteiger partial charge on any atom is 0.0215 e. The van der Waals surface area contributed by atoms with Crippen LogP contribution in [0.15, 0.2) is 0 Å². The van der Waals surface area contributed by atoms with Crippen LogP contribution in [0.2, 0.25) is 0 Å². The smallest absolute Gasteiger partial charge is 0.0215 e. The second-order valence-electron chi connectivity index (χ2n) is 2.39. The Morgan fingerprint density at radius 1 is 1.22 bits per heavy atom. The molecule has 9 heavy (non-hydrogen) atoms. The van der Waals surface area contributed by atoms with Crippen LogP contribution in [0, 0.1) is 0 Å². The van der Waals surface area contributed by atoms with E-state index in [4.69, 9.17) is 0 Å². The van der Waals surface area contributed by atoms with Crippen LogP contribution >= 0.6 is 12.8 Å². The molecule has 0 aromatic carbocycles. The quantitative estimate of drug-likeness (QED) is 0.537. The van der Waals surface area contributed by atoms with E-state index in [0.29, 0.717) is 0 Å². The van der Waals surface area contributed by atoms with Gasteiger partial charge in [0.15, 0.2) is 0 Å². The molecule has 1 fully saturated rings. The van der Waals surface area contributed by atoms with E-state index < -0.39 is 0 Å². The Bertz CT molecular complexity index is 79.1. The Balaban J connectivity index is 2.18. The molecule has 1 saturated heterocycles. The van der Waals surface area contributed by atoms with E-state index in [1.54, 1.807) is 0 Å². The fraction of sp³-hybridized carbons (Fsp3) is 1.00. The third kappa shape index (κ3) is 2.16. The summed E-state index contributed by atoms with van der Waals surface area (Å²) in [7, 11) is 0. The topological polar surface area (TPSA) is 6.48 Å².